The molecule has 0 bridgehead atoms. The quantitative estimate of drug-likeness (QED) is 0.655. The molecule has 0 aromatic carbocycles. The van der Waals surface area contributed by atoms with E-state index in [0.717, 1.165) is 5.82 Å². The molecule has 0 unspecified atom stereocenters. The maximum Gasteiger partial charge on any atom is 0.181 e. The molecule has 4 heteroatoms. The van der Waals surface area contributed by atoms with Crippen molar-refractivity contribution in [3.8, 4) is 0 Å². The second-order valence-electron chi connectivity index (χ2n) is 3.91. The Labute approximate surface area is 72.0 Å². The van der Waals surface area contributed by atoms with Crippen LogP contribution < -0.4 is 0 Å². The SMILES string of the molecule is CC(C)C1(c2nnn(C)n2)CC1. The highest BCUT2D eigenvalue weighted by atomic mass is 15.6. The van der Waals surface area contributed by atoms with Gasteiger partial charge in [0.25, 0.3) is 0 Å². The maximum atomic E-state index is 4.26. The number of rotatable bonds is 2. The first-order chi connectivity index (χ1) is 5.65. The van der Waals surface area contributed by atoms with E-state index in [9.17, 15) is 0 Å². The summed E-state index contributed by atoms with van der Waals surface area (Å²) in [5.74, 6) is 1.56. The molecule has 66 valence electrons. The molecule has 12 heavy (non-hydrogen) atoms. The molecule has 1 aliphatic carbocycles. The summed E-state index contributed by atoms with van der Waals surface area (Å²) < 4.78 is 0. The van der Waals surface area contributed by atoms with Gasteiger partial charge in [-0.2, -0.15) is 4.80 Å². The van der Waals surface area contributed by atoms with E-state index < -0.39 is 0 Å². The molecular weight excluding hydrogens is 152 g/mol. The highest BCUT2D eigenvalue weighted by molar-refractivity contribution is 5.17. The number of tetrazole rings is 1. The molecule has 1 fully saturated rings. The summed E-state index contributed by atoms with van der Waals surface area (Å²) in [4.78, 5) is 1.54. The first-order valence-corrected chi connectivity index (χ1v) is 4.39. The lowest BCUT2D eigenvalue weighted by Crippen LogP contribution is -2.16. The van der Waals surface area contributed by atoms with E-state index in [1.165, 1.54) is 17.6 Å². The van der Waals surface area contributed by atoms with Gasteiger partial charge in [0.05, 0.1) is 7.05 Å². The third kappa shape index (κ3) is 0.940. The normalized spacial score (nSPS) is 20.0. The third-order valence-electron chi connectivity index (χ3n) is 2.85. The molecule has 0 saturated heterocycles. The molecule has 2 rings (SSSR count). The number of hydrogen-bond acceptors (Lipinski definition) is 3. The van der Waals surface area contributed by atoms with Gasteiger partial charge in [0.15, 0.2) is 5.82 Å². The highest BCUT2D eigenvalue weighted by Crippen LogP contribution is 2.52. The van der Waals surface area contributed by atoms with Crippen molar-refractivity contribution < 1.29 is 0 Å². The molecule has 4 nitrogen and oxygen atoms in total. The first kappa shape index (κ1) is 7.71. The van der Waals surface area contributed by atoms with Crippen LogP contribution in [-0.2, 0) is 12.5 Å². The van der Waals surface area contributed by atoms with Crippen LogP contribution >= 0.6 is 0 Å². The lowest BCUT2D eigenvalue weighted by molar-refractivity contribution is 0.454. The number of nitrogens with zero attached hydrogens (tertiary/aromatic N) is 4. The molecule has 0 aliphatic heterocycles. The topological polar surface area (TPSA) is 43.6 Å². The van der Waals surface area contributed by atoms with Crippen molar-refractivity contribution in [1.29, 1.82) is 0 Å². The summed E-state index contributed by atoms with van der Waals surface area (Å²) >= 11 is 0. The fraction of sp³-hybridized carbons (Fsp3) is 0.875. The Morgan fingerprint density at radius 3 is 2.42 bits per heavy atom. The maximum absolute atomic E-state index is 4.26. The van der Waals surface area contributed by atoms with Crippen molar-refractivity contribution in [2.75, 3.05) is 0 Å². The monoisotopic (exact) mass is 166 g/mol. The summed E-state index contributed by atoms with van der Waals surface area (Å²) in [6, 6.07) is 0. The lowest BCUT2D eigenvalue weighted by Gasteiger charge is -2.13. The van der Waals surface area contributed by atoms with E-state index in [0.29, 0.717) is 5.92 Å². The van der Waals surface area contributed by atoms with Gasteiger partial charge >= 0.3 is 0 Å². The summed E-state index contributed by atoms with van der Waals surface area (Å²) in [5, 5.41) is 12.2. The minimum absolute atomic E-state index is 0.258. The van der Waals surface area contributed by atoms with Crippen LogP contribution in [0.15, 0.2) is 0 Å². The van der Waals surface area contributed by atoms with Gasteiger partial charge in [0, 0.05) is 5.41 Å². The van der Waals surface area contributed by atoms with Gasteiger partial charge in [-0.1, -0.05) is 13.8 Å². The predicted octanol–water partition coefficient (Wildman–Crippen LogP) is 0.898. The van der Waals surface area contributed by atoms with E-state index in [2.05, 4.69) is 29.3 Å². The zero-order valence-corrected chi connectivity index (χ0v) is 7.78. The lowest BCUT2D eigenvalue weighted by atomic mass is 9.92. The zero-order chi connectivity index (χ0) is 8.77. The molecular formula is C8H14N4. The van der Waals surface area contributed by atoms with Gasteiger partial charge in [0.1, 0.15) is 0 Å². The van der Waals surface area contributed by atoms with E-state index >= 15 is 0 Å². The fourth-order valence-corrected chi connectivity index (χ4v) is 1.68. The molecule has 0 atom stereocenters. The summed E-state index contributed by atoms with van der Waals surface area (Å²) in [5.41, 5.74) is 0.258. The largest absolute Gasteiger partial charge is 0.181 e. The van der Waals surface area contributed by atoms with Crippen LogP contribution in [0.2, 0.25) is 0 Å². The minimum atomic E-state index is 0.258. The van der Waals surface area contributed by atoms with Crippen LogP contribution in [0.1, 0.15) is 32.5 Å². The Morgan fingerprint density at radius 1 is 1.42 bits per heavy atom. The number of hydrogen-bond donors (Lipinski definition) is 0. The highest BCUT2D eigenvalue weighted by Gasteiger charge is 2.50. The average Bonchev–Trinajstić information content (AvgIpc) is 2.71. The molecule has 1 aromatic heterocycles. The summed E-state index contributed by atoms with van der Waals surface area (Å²) in [7, 11) is 1.81. The Kier molecular flexibility index (Phi) is 1.46. The van der Waals surface area contributed by atoms with Gasteiger partial charge < -0.3 is 0 Å². The molecule has 1 aromatic rings. The number of aryl methyl sites for hydroxylation is 1. The van der Waals surface area contributed by atoms with Crippen molar-refractivity contribution in [3.63, 3.8) is 0 Å². The van der Waals surface area contributed by atoms with E-state index in [1.54, 1.807) is 0 Å². The van der Waals surface area contributed by atoms with Crippen LogP contribution in [0, 0.1) is 5.92 Å². The Morgan fingerprint density at radius 2 is 2.08 bits per heavy atom. The smallest absolute Gasteiger partial charge is 0.167 e. The Hall–Kier alpha value is -0.930. The van der Waals surface area contributed by atoms with Gasteiger partial charge in [-0.3, -0.25) is 0 Å². The summed E-state index contributed by atoms with van der Waals surface area (Å²) in [6.45, 7) is 4.45. The van der Waals surface area contributed by atoms with E-state index in [4.69, 9.17) is 0 Å². The fourth-order valence-electron chi connectivity index (χ4n) is 1.68. The molecule has 1 saturated carbocycles. The Bertz CT molecular complexity index is 285. The van der Waals surface area contributed by atoms with Crippen molar-refractivity contribution in [2.45, 2.75) is 32.1 Å². The third-order valence-corrected chi connectivity index (χ3v) is 2.85. The molecule has 1 heterocycles. The average molecular weight is 166 g/mol. The summed E-state index contributed by atoms with van der Waals surface area (Å²) in [6.07, 6.45) is 2.44. The van der Waals surface area contributed by atoms with Crippen molar-refractivity contribution in [3.05, 3.63) is 5.82 Å². The second kappa shape index (κ2) is 2.28. The van der Waals surface area contributed by atoms with Crippen LogP contribution in [0.5, 0.6) is 0 Å². The van der Waals surface area contributed by atoms with Crippen LogP contribution in [0.25, 0.3) is 0 Å². The molecule has 1 aliphatic rings. The molecule has 0 amide bonds. The zero-order valence-electron chi connectivity index (χ0n) is 7.78. The molecule has 0 spiro atoms. The van der Waals surface area contributed by atoms with Gasteiger partial charge in [0.2, 0.25) is 0 Å². The van der Waals surface area contributed by atoms with Crippen LogP contribution in [0.3, 0.4) is 0 Å². The van der Waals surface area contributed by atoms with Gasteiger partial charge in [-0.25, -0.2) is 0 Å². The van der Waals surface area contributed by atoms with Crippen molar-refractivity contribution in [1.82, 2.24) is 20.2 Å². The van der Waals surface area contributed by atoms with Crippen molar-refractivity contribution in [2.24, 2.45) is 13.0 Å². The van der Waals surface area contributed by atoms with Gasteiger partial charge in [-0.15, -0.1) is 10.2 Å². The van der Waals surface area contributed by atoms with Gasteiger partial charge in [-0.05, 0) is 24.0 Å². The predicted molar refractivity (Wildman–Crippen MR) is 44.5 cm³/mol. The van der Waals surface area contributed by atoms with E-state index in [-0.39, 0.29) is 5.41 Å². The standard InChI is InChI=1S/C8H14N4/c1-6(2)8(4-5-8)7-9-11-12(3)10-7/h6H,4-5H2,1-3H3. The molecule has 0 radical (unpaired) electrons. The Balaban J connectivity index is 2.30. The van der Waals surface area contributed by atoms with E-state index in [1.807, 2.05) is 7.05 Å². The van der Waals surface area contributed by atoms with Crippen LogP contribution in [-0.4, -0.2) is 20.2 Å². The minimum Gasteiger partial charge on any atom is -0.167 e. The number of aromatic nitrogens is 4. The first-order valence-electron chi connectivity index (χ1n) is 4.39. The van der Waals surface area contributed by atoms with Crippen molar-refractivity contribution >= 4 is 0 Å². The second-order valence-corrected chi connectivity index (χ2v) is 3.91. The molecule has 0 N–H and O–H groups in total. The van der Waals surface area contributed by atoms with Crippen LogP contribution in [0.4, 0.5) is 0 Å².